The largest absolute Gasteiger partial charge is 0.493 e. The van der Waals surface area contributed by atoms with Crippen molar-refractivity contribution in [1.82, 2.24) is 4.57 Å². The molecule has 1 atom stereocenters. The van der Waals surface area contributed by atoms with Gasteiger partial charge in [-0.1, -0.05) is 84.1 Å². The van der Waals surface area contributed by atoms with Crippen molar-refractivity contribution in [2.24, 2.45) is 4.99 Å². The molecule has 5 aromatic rings. The fraction of sp³-hybridized carbons (Fsp3) is 0.158. The highest BCUT2D eigenvalue weighted by Crippen LogP contribution is 2.38. The van der Waals surface area contributed by atoms with Crippen LogP contribution in [-0.2, 0) is 16.1 Å². The Morgan fingerprint density at radius 3 is 2.42 bits per heavy atom. The van der Waals surface area contributed by atoms with Gasteiger partial charge in [-0.3, -0.25) is 9.36 Å². The van der Waals surface area contributed by atoms with Crippen LogP contribution in [-0.4, -0.2) is 31.4 Å². The van der Waals surface area contributed by atoms with Crippen LogP contribution in [0.25, 0.3) is 11.8 Å². The minimum Gasteiger partial charge on any atom is -0.493 e. The molecule has 1 aliphatic rings. The molecule has 2 heterocycles. The molecule has 9 nitrogen and oxygen atoms in total. The van der Waals surface area contributed by atoms with Crippen molar-refractivity contribution in [2.75, 3.05) is 20.8 Å². The van der Waals surface area contributed by atoms with Crippen molar-refractivity contribution in [3.8, 4) is 23.3 Å². The Balaban J connectivity index is 1.54. The number of hydrogen-bond acceptors (Lipinski definition) is 9. The van der Waals surface area contributed by atoms with Crippen LogP contribution >= 0.6 is 11.3 Å². The molecule has 0 saturated heterocycles. The van der Waals surface area contributed by atoms with E-state index in [1.165, 1.54) is 23.0 Å². The molecule has 0 spiro atoms. The van der Waals surface area contributed by atoms with Gasteiger partial charge in [0, 0.05) is 16.7 Å². The third-order valence-electron chi connectivity index (χ3n) is 7.82. The zero-order valence-electron chi connectivity index (χ0n) is 26.5. The maximum atomic E-state index is 14.4. The number of ether oxygens (including phenoxy) is 4. The van der Waals surface area contributed by atoms with Gasteiger partial charge in [0.25, 0.3) is 5.56 Å². The number of rotatable bonds is 10. The van der Waals surface area contributed by atoms with Crippen LogP contribution in [0.3, 0.4) is 0 Å². The summed E-state index contributed by atoms with van der Waals surface area (Å²) in [5.74, 6) is 0.922. The summed E-state index contributed by atoms with van der Waals surface area (Å²) in [5.41, 5.74) is 3.60. The van der Waals surface area contributed by atoms with Crippen LogP contribution in [0, 0.1) is 11.3 Å². The van der Waals surface area contributed by atoms with Crippen molar-refractivity contribution in [3.05, 3.63) is 150 Å². The molecular formula is C38H31N3O6S. The smallest absolute Gasteiger partial charge is 0.338 e. The van der Waals surface area contributed by atoms with Gasteiger partial charge in [-0.15, -0.1) is 0 Å². The second-order valence-electron chi connectivity index (χ2n) is 10.6. The first-order valence-electron chi connectivity index (χ1n) is 15.2. The number of nitrogens with zero attached hydrogens (tertiary/aromatic N) is 3. The SMILES string of the molecule is CCOC(=O)C1=C(c2ccccc2)N=c2s/c(=C\c3ccccc3OCc3ccccc3C#N)c(=O)n2[C@@H]1c1ccc(OC)c(OC)c1. The Bertz CT molecular complexity index is 2250. The second kappa shape index (κ2) is 14.2. The van der Waals surface area contributed by atoms with E-state index in [0.717, 1.165) is 5.56 Å². The molecule has 48 heavy (non-hydrogen) atoms. The van der Waals surface area contributed by atoms with Crippen LogP contribution in [0.1, 0.15) is 40.8 Å². The lowest BCUT2D eigenvalue weighted by Gasteiger charge is -2.26. The molecule has 1 aliphatic heterocycles. The molecule has 0 radical (unpaired) electrons. The van der Waals surface area contributed by atoms with E-state index < -0.39 is 12.0 Å². The topological polar surface area (TPSA) is 112 Å². The molecule has 0 fully saturated rings. The highest BCUT2D eigenvalue weighted by molar-refractivity contribution is 7.07. The van der Waals surface area contributed by atoms with Gasteiger partial charge < -0.3 is 18.9 Å². The van der Waals surface area contributed by atoms with E-state index in [1.54, 1.807) is 44.4 Å². The number of fused-ring (bicyclic) bond motifs is 1. The molecule has 0 saturated carbocycles. The lowest BCUT2D eigenvalue weighted by atomic mass is 9.93. The molecule has 240 valence electrons. The van der Waals surface area contributed by atoms with Gasteiger partial charge in [-0.25, -0.2) is 9.79 Å². The zero-order chi connectivity index (χ0) is 33.6. The molecule has 0 unspecified atom stereocenters. The second-order valence-corrected chi connectivity index (χ2v) is 11.7. The van der Waals surface area contributed by atoms with E-state index in [0.29, 0.717) is 54.5 Å². The van der Waals surface area contributed by atoms with Gasteiger partial charge in [-0.05, 0) is 42.8 Å². The summed E-state index contributed by atoms with van der Waals surface area (Å²) in [6.45, 7) is 2.06. The fourth-order valence-electron chi connectivity index (χ4n) is 5.56. The Hall–Kier alpha value is -5.92. The molecule has 4 aromatic carbocycles. The highest BCUT2D eigenvalue weighted by Gasteiger charge is 2.35. The molecule has 10 heteroatoms. The first-order chi connectivity index (χ1) is 23.5. The first-order valence-corrected chi connectivity index (χ1v) is 16.0. The average molecular weight is 658 g/mol. The Morgan fingerprint density at radius 2 is 1.67 bits per heavy atom. The third kappa shape index (κ3) is 6.24. The van der Waals surface area contributed by atoms with Crippen LogP contribution in [0.4, 0.5) is 0 Å². The van der Waals surface area contributed by atoms with Crippen molar-refractivity contribution in [2.45, 2.75) is 19.6 Å². The maximum Gasteiger partial charge on any atom is 0.338 e. The monoisotopic (exact) mass is 657 g/mol. The van der Waals surface area contributed by atoms with Crippen molar-refractivity contribution < 1.29 is 23.7 Å². The fourth-order valence-corrected chi connectivity index (χ4v) is 6.55. The molecule has 0 amide bonds. The van der Waals surface area contributed by atoms with Crippen LogP contribution < -0.4 is 29.1 Å². The third-order valence-corrected chi connectivity index (χ3v) is 8.81. The Labute approximate surface area is 280 Å². The lowest BCUT2D eigenvalue weighted by molar-refractivity contribution is -0.138. The minimum absolute atomic E-state index is 0.142. The minimum atomic E-state index is -0.883. The number of nitriles is 1. The summed E-state index contributed by atoms with van der Waals surface area (Å²) in [6.07, 6.45) is 1.76. The average Bonchev–Trinajstić information content (AvgIpc) is 3.44. The van der Waals surface area contributed by atoms with Crippen molar-refractivity contribution in [3.63, 3.8) is 0 Å². The van der Waals surface area contributed by atoms with E-state index in [-0.39, 0.29) is 24.3 Å². The number of methoxy groups -OCH3 is 2. The molecule has 0 N–H and O–H groups in total. The number of para-hydroxylation sites is 1. The van der Waals surface area contributed by atoms with E-state index in [4.69, 9.17) is 23.9 Å². The summed E-state index contributed by atoms with van der Waals surface area (Å²) < 4.78 is 24.7. The Morgan fingerprint density at radius 1 is 0.938 bits per heavy atom. The predicted molar refractivity (Wildman–Crippen MR) is 183 cm³/mol. The number of thiazole rings is 1. The molecule has 0 bridgehead atoms. The van der Waals surface area contributed by atoms with Gasteiger partial charge in [-0.2, -0.15) is 5.26 Å². The summed E-state index contributed by atoms with van der Waals surface area (Å²) in [5, 5.41) is 9.51. The van der Waals surface area contributed by atoms with Gasteiger partial charge >= 0.3 is 5.97 Å². The van der Waals surface area contributed by atoms with Crippen LogP contribution in [0.15, 0.2) is 112 Å². The Kier molecular flexibility index (Phi) is 9.50. The number of carbonyl (C=O) groups is 1. The van der Waals surface area contributed by atoms with Crippen molar-refractivity contribution in [1.29, 1.82) is 5.26 Å². The quantitative estimate of drug-likeness (QED) is 0.185. The van der Waals surface area contributed by atoms with Crippen LogP contribution in [0.2, 0.25) is 0 Å². The van der Waals surface area contributed by atoms with Gasteiger partial charge in [0.05, 0.1) is 54.3 Å². The summed E-state index contributed by atoms with van der Waals surface area (Å²) in [4.78, 5) is 33.5. The number of hydrogen-bond donors (Lipinski definition) is 0. The summed E-state index contributed by atoms with van der Waals surface area (Å²) >= 11 is 1.21. The number of aromatic nitrogens is 1. The summed E-state index contributed by atoms with van der Waals surface area (Å²) in [7, 11) is 3.07. The first kappa shape index (κ1) is 32.0. The van der Waals surface area contributed by atoms with Crippen LogP contribution in [0.5, 0.6) is 17.2 Å². The van der Waals surface area contributed by atoms with E-state index in [2.05, 4.69) is 6.07 Å². The normalized spacial score (nSPS) is 14.0. The molecular weight excluding hydrogens is 627 g/mol. The zero-order valence-corrected chi connectivity index (χ0v) is 27.3. The lowest BCUT2D eigenvalue weighted by Crippen LogP contribution is -2.40. The van der Waals surface area contributed by atoms with E-state index >= 15 is 0 Å². The number of benzene rings is 4. The number of carbonyl (C=O) groups excluding carboxylic acids is 1. The van der Waals surface area contributed by atoms with E-state index in [9.17, 15) is 14.9 Å². The predicted octanol–water partition coefficient (Wildman–Crippen LogP) is 5.40. The molecule has 0 aliphatic carbocycles. The molecule has 6 rings (SSSR count). The van der Waals surface area contributed by atoms with E-state index in [1.807, 2.05) is 72.8 Å². The van der Waals surface area contributed by atoms with Crippen molar-refractivity contribution >= 4 is 29.1 Å². The number of esters is 1. The standard InChI is InChI=1S/C38H31N3O6S/c1-4-46-37(43)33-34(24-12-6-5-7-13-24)40-38-41(35(33)26-18-19-30(44-2)31(20-26)45-3)36(42)32(48-38)21-25-14-10-11-17-29(25)47-23-28-16-9-8-15-27(28)22-39/h5-21,35H,4,23H2,1-3H3/b32-21-/t35-/m1/s1. The van der Waals surface area contributed by atoms with Gasteiger partial charge in [0.1, 0.15) is 12.4 Å². The van der Waals surface area contributed by atoms with Gasteiger partial charge in [0.2, 0.25) is 0 Å². The summed E-state index contributed by atoms with van der Waals surface area (Å²) in [6, 6.07) is 30.6. The maximum absolute atomic E-state index is 14.4. The molecule has 1 aromatic heterocycles. The van der Waals surface area contributed by atoms with Gasteiger partial charge in [0.15, 0.2) is 16.3 Å². The highest BCUT2D eigenvalue weighted by atomic mass is 32.1.